The third kappa shape index (κ3) is 4.81. The van der Waals surface area contributed by atoms with Crippen molar-refractivity contribution in [1.29, 1.82) is 5.26 Å². The number of anilines is 1. The van der Waals surface area contributed by atoms with Crippen molar-refractivity contribution in [2.45, 2.75) is 13.8 Å². The van der Waals surface area contributed by atoms with E-state index in [9.17, 15) is 10.4 Å². The molecule has 0 aliphatic rings. The minimum Gasteiger partial charge on any atom is -0.504 e. The lowest BCUT2D eigenvalue weighted by Gasteiger charge is -2.23. The Morgan fingerprint density at radius 2 is 1.90 bits per heavy atom. The minimum absolute atomic E-state index is 0.0335. The van der Waals surface area contributed by atoms with Gasteiger partial charge in [-0.2, -0.15) is 5.26 Å². The van der Waals surface area contributed by atoms with Gasteiger partial charge < -0.3 is 24.6 Å². The van der Waals surface area contributed by atoms with Crippen molar-refractivity contribution in [1.82, 2.24) is 0 Å². The number of ether oxygens (including phenoxy) is 2. The van der Waals surface area contributed by atoms with Gasteiger partial charge in [-0.1, -0.05) is 0 Å². The highest BCUT2D eigenvalue weighted by Gasteiger charge is 2.14. The fraction of sp³-hybridized carbons (Fsp3) is 0.533. The maximum Gasteiger partial charge on any atom is 0.163 e. The Labute approximate surface area is 125 Å². The zero-order valence-corrected chi connectivity index (χ0v) is 12.5. The molecule has 0 fully saturated rings. The Bertz CT molecular complexity index is 481. The second-order valence-corrected chi connectivity index (χ2v) is 4.31. The third-order valence-corrected chi connectivity index (χ3v) is 3.02. The first-order valence-electron chi connectivity index (χ1n) is 7.01. The zero-order chi connectivity index (χ0) is 15.7. The maximum atomic E-state index is 9.90. The summed E-state index contributed by atoms with van der Waals surface area (Å²) in [5.41, 5.74) is 1.16. The van der Waals surface area contributed by atoms with E-state index in [4.69, 9.17) is 14.6 Å². The van der Waals surface area contributed by atoms with Crippen LogP contribution in [0.1, 0.15) is 19.4 Å². The van der Waals surface area contributed by atoms with Gasteiger partial charge in [0.05, 0.1) is 31.1 Å². The standard InChI is InChI=1S/C15H22N2O4/c1-3-17(4-2)13-10-15(14(19)9-12(13)11-16)21-8-7-20-6-5-18/h9-10,18-19H,3-8H2,1-2H3. The van der Waals surface area contributed by atoms with Crippen LogP contribution in [0.15, 0.2) is 12.1 Å². The predicted molar refractivity (Wildman–Crippen MR) is 79.8 cm³/mol. The van der Waals surface area contributed by atoms with Crippen LogP contribution in [0.3, 0.4) is 0 Å². The van der Waals surface area contributed by atoms with E-state index < -0.39 is 0 Å². The van der Waals surface area contributed by atoms with Gasteiger partial charge in [0.25, 0.3) is 0 Å². The summed E-state index contributed by atoms with van der Waals surface area (Å²) in [6.07, 6.45) is 0. The molecule has 1 rings (SSSR count). The van der Waals surface area contributed by atoms with Gasteiger partial charge in [0, 0.05) is 25.2 Å². The van der Waals surface area contributed by atoms with Gasteiger partial charge in [0.15, 0.2) is 11.5 Å². The first kappa shape index (κ1) is 17.1. The van der Waals surface area contributed by atoms with Crippen LogP contribution in [0.4, 0.5) is 5.69 Å². The molecule has 0 amide bonds. The number of nitrogens with zero attached hydrogens (tertiary/aromatic N) is 2. The van der Waals surface area contributed by atoms with E-state index in [1.54, 1.807) is 6.07 Å². The Kier molecular flexibility index (Phi) is 7.37. The molecule has 6 nitrogen and oxygen atoms in total. The zero-order valence-electron chi connectivity index (χ0n) is 12.5. The highest BCUT2D eigenvalue weighted by atomic mass is 16.5. The van der Waals surface area contributed by atoms with E-state index in [2.05, 4.69) is 6.07 Å². The van der Waals surface area contributed by atoms with Gasteiger partial charge in [-0.3, -0.25) is 0 Å². The van der Waals surface area contributed by atoms with Gasteiger partial charge in [-0.15, -0.1) is 0 Å². The molecule has 0 atom stereocenters. The van der Waals surface area contributed by atoms with E-state index >= 15 is 0 Å². The van der Waals surface area contributed by atoms with Crippen LogP contribution in [-0.4, -0.2) is 49.7 Å². The monoisotopic (exact) mass is 294 g/mol. The van der Waals surface area contributed by atoms with Crippen molar-refractivity contribution in [3.8, 4) is 17.6 Å². The number of aliphatic hydroxyl groups is 1. The molecular weight excluding hydrogens is 272 g/mol. The quantitative estimate of drug-likeness (QED) is 0.671. The number of rotatable bonds is 9. The van der Waals surface area contributed by atoms with Crippen molar-refractivity contribution in [2.75, 3.05) is 44.4 Å². The summed E-state index contributed by atoms with van der Waals surface area (Å²) >= 11 is 0. The Hall–Kier alpha value is -1.97. The van der Waals surface area contributed by atoms with Gasteiger partial charge >= 0.3 is 0 Å². The summed E-state index contributed by atoms with van der Waals surface area (Å²) in [5.74, 6) is 0.258. The average molecular weight is 294 g/mol. The lowest BCUT2D eigenvalue weighted by Crippen LogP contribution is -2.23. The molecule has 0 aliphatic heterocycles. The van der Waals surface area contributed by atoms with Crippen LogP contribution in [0.5, 0.6) is 11.5 Å². The molecular formula is C15H22N2O4. The molecule has 0 aromatic heterocycles. The van der Waals surface area contributed by atoms with Gasteiger partial charge in [0.1, 0.15) is 12.7 Å². The van der Waals surface area contributed by atoms with Crippen LogP contribution in [0.2, 0.25) is 0 Å². The van der Waals surface area contributed by atoms with Crippen LogP contribution < -0.4 is 9.64 Å². The summed E-state index contributed by atoms with van der Waals surface area (Å²) in [7, 11) is 0. The molecule has 2 N–H and O–H groups in total. The summed E-state index contributed by atoms with van der Waals surface area (Å²) < 4.78 is 10.6. The molecule has 1 aromatic carbocycles. The normalized spacial score (nSPS) is 10.2. The van der Waals surface area contributed by atoms with Crippen LogP contribution in [-0.2, 0) is 4.74 Å². The summed E-state index contributed by atoms with van der Waals surface area (Å²) in [4.78, 5) is 2.02. The maximum absolute atomic E-state index is 9.90. The average Bonchev–Trinajstić information content (AvgIpc) is 2.50. The molecule has 0 aliphatic carbocycles. The highest BCUT2D eigenvalue weighted by molar-refractivity contribution is 5.65. The number of aromatic hydroxyl groups is 1. The lowest BCUT2D eigenvalue weighted by molar-refractivity contribution is 0.0699. The molecule has 6 heteroatoms. The fourth-order valence-electron chi connectivity index (χ4n) is 1.97. The van der Waals surface area contributed by atoms with Crippen molar-refractivity contribution in [3.05, 3.63) is 17.7 Å². The van der Waals surface area contributed by atoms with Crippen LogP contribution in [0.25, 0.3) is 0 Å². The van der Waals surface area contributed by atoms with E-state index in [1.807, 2.05) is 18.7 Å². The number of phenols is 1. The molecule has 21 heavy (non-hydrogen) atoms. The highest BCUT2D eigenvalue weighted by Crippen LogP contribution is 2.34. The van der Waals surface area contributed by atoms with Crippen LogP contribution in [0, 0.1) is 11.3 Å². The topological polar surface area (TPSA) is 86.0 Å². The predicted octanol–water partition coefficient (Wildman–Crippen LogP) is 1.50. The molecule has 0 spiro atoms. The fourth-order valence-corrected chi connectivity index (χ4v) is 1.97. The van der Waals surface area contributed by atoms with Crippen molar-refractivity contribution < 1.29 is 19.7 Å². The van der Waals surface area contributed by atoms with Gasteiger partial charge in [-0.25, -0.2) is 0 Å². The number of phenolic OH excluding ortho intramolecular Hbond substituents is 1. The summed E-state index contributed by atoms with van der Waals surface area (Å²) in [5, 5.41) is 27.7. The molecule has 0 unspecified atom stereocenters. The van der Waals surface area contributed by atoms with E-state index in [-0.39, 0.29) is 25.6 Å². The number of aliphatic hydroxyl groups excluding tert-OH is 1. The molecule has 0 radical (unpaired) electrons. The second-order valence-electron chi connectivity index (χ2n) is 4.31. The summed E-state index contributed by atoms with van der Waals surface area (Å²) in [6, 6.07) is 5.17. The summed E-state index contributed by atoms with van der Waals surface area (Å²) in [6.45, 7) is 6.32. The molecule has 1 aromatic rings. The Morgan fingerprint density at radius 3 is 2.48 bits per heavy atom. The molecule has 0 heterocycles. The minimum atomic E-state index is -0.0652. The molecule has 0 saturated carbocycles. The Balaban J connectivity index is 2.85. The molecule has 116 valence electrons. The lowest BCUT2D eigenvalue weighted by atomic mass is 10.1. The van der Waals surface area contributed by atoms with E-state index in [0.29, 0.717) is 17.9 Å². The van der Waals surface area contributed by atoms with Crippen molar-refractivity contribution in [2.24, 2.45) is 0 Å². The number of hydrogen-bond donors (Lipinski definition) is 2. The molecule has 0 saturated heterocycles. The van der Waals surface area contributed by atoms with Crippen molar-refractivity contribution >= 4 is 5.69 Å². The van der Waals surface area contributed by atoms with Crippen LogP contribution >= 0.6 is 0 Å². The SMILES string of the molecule is CCN(CC)c1cc(OCCOCCO)c(O)cc1C#N. The third-order valence-electron chi connectivity index (χ3n) is 3.02. The van der Waals surface area contributed by atoms with Gasteiger partial charge in [-0.05, 0) is 13.8 Å². The van der Waals surface area contributed by atoms with Crippen molar-refractivity contribution in [3.63, 3.8) is 0 Å². The first-order valence-corrected chi connectivity index (χ1v) is 7.01. The number of hydrogen-bond acceptors (Lipinski definition) is 6. The number of nitriles is 1. The van der Waals surface area contributed by atoms with Gasteiger partial charge in [0.2, 0.25) is 0 Å². The van der Waals surface area contributed by atoms with E-state index in [0.717, 1.165) is 18.8 Å². The second kappa shape index (κ2) is 9.06. The first-order chi connectivity index (χ1) is 10.2. The largest absolute Gasteiger partial charge is 0.504 e. The number of benzene rings is 1. The Morgan fingerprint density at radius 1 is 1.19 bits per heavy atom. The smallest absolute Gasteiger partial charge is 0.163 e. The molecule has 0 bridgehead atoms. The van der Waals surface area contributed by atoms with E-state index in [1.165, 1.54) is 6.07 Å².